The molecule has 138 valence electrons. The van der Waals surface area contributed by atoms with Crippen molar-refractivity contribution in [1.82, 2.24) is 0 Å². The van der Waals surface area contributed by atoms with Gasteiger partial charge in [-0.3, -0.25) is 4.79 Å². The molecule has 0 spiro atoms. The molecule has 0 fully saturated rings. The van der Waals surface area contributed by atoms with Crippen LogP contribution in [-0.2, 0) is 16.0 Å². The predicted octanol–water partition coefficient (Wildman–Crippen LogP) is 3.37. The van der Waals surface area contributed by atoms with Crippen LogP contribution in [0, 0.1) is 6.92 Å². The molecule has 6 nitrogen and oxygen atoms in total. The van der Waals surface area contributed by atoms with Crippen molar-refractivity contribution in [3.05, 3.63) is 53.1 Å². The Labute approximate surface area is 153 Å². The summed E-state index contributed by atoms with van der Waals surface area (Å²) < 4.78 is 15.2. The molecule has 0 atom stereocenters. The third-order valence-electron chi connectivity index (χ3n) is 3.96. The lowest BCUT2D eigenvalue weighted by Crippen LogP contribution is -2.16. The van der Waals surface area contributed by atoms with Crippen LogP contribution in [0.15, 0.2) is 36.4 Å². The highest BCUT2D eigenvalue weighted by atomic mass is 16.5. The van der Waals surface area contributed by atoms with E-state index in [0.717, 1.165) is 5.56 Å². The van der Waals surface area contributed by atoms with E-state index in [2.05, 4.69) is 5.32 Å². The minimum Gasteiger partial charge on any atom is -0.493 e. The third-order valence-corrected chi connectivity index (χ3v) is 3.96. The van der Waals surface area contributed by atoms with Gasteiger partial charge in [-0.25, -0.2) is 4.79 Å². The molecule has 0 saturated carbocycles. The highest BCUT2D eigenvalue weighted by Crippen LogP contribution is 2.33. The molecule has 0 aliphatic carbocycles. The number of aryl methyl sites for hydroxylation is 2. The number of carbonyl (C=O) groups excluding carboxylic acids is 2. The normalized spacial score (nSPS) is 10.2. The summed E-state index contributed by atoms with van der Waals surface area (Å²) in [6.45, 7) is 2.02. The number of hydrogen-bond acceptors (Lipinski definition) is 5. The SMILES string of the molecule is COC(=O)c1cc(OC)c(OC)cc1NC(=O)CCc1ccc(C)cc1. The summed E-state index contributed by atoms with van der Waals surface area (Å²) in [4.78, 5) is 24.4. The maximum Gasteiger partial charge on any atom is 0.340 e. The quantitative estimate of drug-likeness (QED) is 0.769. The van der Waals surface area contributed by atoms with E-state index in [1.54, 1.807) is 6.07 Å². The highest BCUT2D eigenvalue weighted by molar-refractivity contribution is 6.02. The summed E-state index contributed by atoms with van der Waals surface area (Å²) in [5, 5.41) is 2.76. The van der Waals surface area contributed by atoms with E-state index in [1.807, 2.05) is 31.2 Å². The van der Waals surface area contributed by atoms with Crippen molar-refractivity contribution in [3.63, 3.8) is 0 Å². The van der Waals surface area contributed by atoms with Crippen LogP contribution in [0.3, 0.4) is 0 Å². The zero-order chi connectivity index (χ0) is 19.1. The summed E-state index contributed by atoms with van der Waals surface area (Å²) in [5.41, 5.74) is 2.77. The topological polar surface area (TPSA) is 73.9 Å². The van der Waals surface area contributed by atoms with Gasteiger partial charge < -0.3 is 19.5 Å². The number of esters is 1. The lowest BCUT2D eigenvalue weighted by atomic mass is 10.1. The van der Waals surface area contributed by atoms with Gasteiger partial charge >= 0.3 is 5.97 Å². The Morgan fingerprint density at radius 3 is 2.15 bits per heavy atom. The van der Waals surface area contributed by atoms with Crippen molar-refractivity contribution >= 4 is 17.6 Å². The van der Waals surface area contributed by atoms with Crippen LogP contribution in [0.2, 0.25) is 0 Å². The fourth-order valence-electron chi connectivity index (χ4n) is 2.49. The third kappa shape index (κ3) is 4.75. The van der Waals surface area contributed by atoms with E-state index in [1.165, 1.54) is 33.0 Å². The van der Waals surface area contributed by atoms with Crippen LogP contribution in [0.4, 0.5) is 5.69 Å². The monoisotopic (exact) mass is 357 g/mol. The van der Waals surface area contributed by atoms with Crippen molar-refractivity contribution < 1.29 is 23.8 Å². The smallest absolute Gasteiger partial charge is 0.340 e. The van der Waals surface area contributed by atoms with E-state index in [0.29, 0.717) is 23.6 Å². The molecule has 0 heterocycles. The van der Waals surface area contributed by atoms with Crippen molar-refractivity contribution in [3.8, 4) is 11.5 Å². The average molecular weight is 357 g/mol. The second-order valence-corrected chi connectivity index (χ2v) is 5.78. The number of methoxy groups -OCH3 is 3. The molecule has 1 N–H and O–H groups in total. The lowest BCUT2D eigenvalue weighted by molar-refractivity contribution is -0.116. The van der Waals surface area contributed by atoms with Gasteiger partial charge in [0.2, 0.25) is 5.91 Å². The molecule has 6 heteroatoms. The Kier molecular flexibility index (Phi) is 6.60. The first-order chi connectivity index (χ1) is 12.5. The molecule has 1 amide bonds. The number of rotatable bonds is 7. The summed E-state index contributed by atoms with van der Waals surface area (Å²) in [5.74, 6) is 0.0160. The van der Waals surface area contributed by atoms with E-state index in [9.17, 15) is 9.59 Å². The molecule has 2 rings (SSSR count). The molecule has 0 bridgehead atoms. The van der Waals surface area contributed by atoms with Crippen molar-refractivity contribution in [2.75, 3.05) is 26.6 Å². The maximum absolute atomic E-state index is 12.3. The number of ether oxygens (including phenoxy) is 3. The van der Waals surface area contributed by atoms with Gasteiger partial charge in [0, 0.05) is 18.6 Å². The van der Waals surface area contributed by atoms with Crippen molar-refractivity contribution in [2.24, 2.45) is 0 Å². The zero-order valence-corrected chi connectivity index (χ0v) is 15.4. The standard InChI is InChI=1S/C20H23NO5/c1-13-5-7-14(8-6-13)9-10-19(22)21-16-12-18(25-3)17(24-2)11-15(16)20(23)26-4/h5-8,11-12H,9-10H2,1-4H3,(H,21,22). The van der Waals surface area contributed by atoms with Crippen LogP contribution < -0.4 is 14.8 Å². The Morgan fingerprint density at radius 2 is 1.58 bits per heavy atom. The van der Waals surface area contributed by atoms with Gasteiger partial charge in [0.15, 0.2) is 11.5 Å². The average Bonchev–Trinajstić information content (AvgIpc) is 2.66. The molecule has 0 aliphatic heterocycles. The summed E-state index contributed by atoms with van der Waals surface area (Å²) in [7, 11) is 4.24. The van der Waals surface area contributed by atoms with Crippen molar-refractivity contribution in [2.45, 2.75) is 19.8 Å². The van der Waals surface area contributed by atoms with Gasteiger partial charge in [-0.15, -0.1) is 0 Å². The predicted molar refractivity (Wildman–Crippen MR) is 99.0 cm³/mol. The molecule has 0 radical (unpaired) electrons. The molecule has 0 aromatic heterocycles. The number of anilines is 1. The largest absolute Gasteiger partial charge is 0.493 e. The fourth-order valence-corrected chi connectivity index (χ4v) is 2.49. The van der Waals surface area contributed by atoms with Crippen LogP contribution in [0.1, 0.15) is 27.9 Å². The maximum atomic E-state index is 12.3. The van der Waals surface area contributed by atoms with Gasteiger partial charge in [-0.2, -0.15) is 0 Å². The van der Waals surface area contributed by atoms with Crippen LogP contribution in [0.5, 0.6) is 11.5 Å². The van der Waals surface area contributed by atoms with E-state index in [4.69, 9.17) is 14.2 Å². The summed E-state index contributed by atoms with van der Waals surface area (Å²) >= 11 is 0. The number of nitrogens with one attached hydrogen (secondary N) is 1. The molecular formula is C20H23NO5. The van der Waals surface area contributed by atoms with E-state index in [-0.39, 0.29) is 17.9 Å². The van der Waals surface area contributed by atoms with Gasteiger partial charge in [0.25, 0.3) is 0 Å². The lowest BCUT2D eigenvalue weighted by Gasteiger charge is -2.14. The Morgan fingerprint density at radius 1 is 0.962 bits per heavy atom. The van der Waals surface area contributed by atoms with Crippen LogP contribution in [-0.4, -0.2) is 33.2 Å². The fraction of sp³-hybridized carbons (Fsp3) is 0.300. The van der Waals surface area contributed by atoms with Gasteiger partial charge in [0.1, 0.15) is 0 Å². The Bertz CT molecular complexity index is 784. The molecule has 0 aliphatic rings. The summed E-state index contributed by atoms with van der Waals surface area (Å²) in [6, 6.07) is 11.1. The first-order valence-corrected chi connectivity index (χ1v) is 8.18. The highest BCUT2D eigenvalue weighted by Gasteiger charge is 2.19. The minimum absolute atomic E-state index is 0.203. The second-order valence-electron chi connectivity index (χ2n) is 5.78. The molecule has 0 unspecified atom stereocenters. The van der Waals surface area contributed by atoms with E-state index >= 15 is 0 Å². The van der Waals surface area contributed by atoms with Gasteiger partial charge in [0.05, 0.1) is 32.6 Å². The molecule has 0 saturated heterocycles. The van der Waals surface area contributed by atoms with Crippen LogP contribution >= 0.6 is 0 Å². The van der Waals surface area contributed by atoms with Gasteiger partial charge in [-0.05, 0) is 18.9 Å². The summed E-state index contributed by atoms with van der Waals surface area (Å²) in [6.07, 6.45) is 0.894. The molecule has 26 heavy (non-hydrogen) atoms. The minimum atomic E-state index is -0.570. The van der Waals surface area contributed by atoms with Gasteiger partial charge in [-0.1, -0.05) is 29.8 Å². The first-order valence-electron chi connectivity index (χ1n) is 8.18. The van der Waals surface area contributed by atoms with E-state index < -0.39 is 5.97 Å². The van der Waals surface area contributed by atoms with Crippen LogP contribution in [0.25, 0.3) is 0 Å². The molecule has 2 aromatic carbocycles. The number of hydrogen-bond donors (Lipinski definition) is 1. The number of benzene rings is 2. The molecular weight excluding hydrogens is 334 g/mol. The Balaban J connectivity index is 2.16. The van der Waals surface area contributed by atoms with Crippen molar-refractivity contribution in [1.29, 1.82) is 0 Å². The molecule has 2 aromatic rings. The number of amides is 1. The first kappa shape index (κ1) is 19.3. The zero-order valence-electron chi connectivity index (χ0n) is 15.4. The Hall–Kier alpha value is -3.02. The second kappa shape index (κ2) is 8.89. The number of carbonyl (C=O) groups is 2.